The Kier molecular flexibility index (Phi) is 5.23. The largest absolute Gasteiger partial charge is 0.393 e. The highest BCUT2D eigenvalue weighted by Gasteiger charge is 2.28. The minimum atomic E-state index is -0.287. The molecule has 1 aromatic carbocycles. The van der Waals surface area contributed by atoms with Gasteiger partial charge >= 0.3 is 0 Å². The number of amides is 1. The van der Waals surface area contributed by atoms with Crippen molar-refractivity contribution in [2.45, 2.75) is 39.7 Å². The van der Waals surface area contributed by atoms with E-state index >= 15 is 0 Å². The summed E-state index contributed by atoms with van der Waals surface area (Å²) in [6, 6.07) is 5.92. The number of carbonyl (C=O) groups is 1. The van der Waals surface area contributed by atoms with Crippen LogP contribution in [0.15, 0.2) is 18.2 Å². The Labute approximate surface area is 127 Å². The second kappa shape index (κ2) is 6.94. The molecular weight excluding hydrogens is 264 g/mol. The lowest BCUT2D eigenvalue weighted by Crippen LogP contribution is -2.45. The van der Waals surface area contributed by atoms with Crippen LogP contribution in [-0.2, 0) is 0 Å². The van der Waals surface area contributed by atoms with E-state index in [0.29, 0.717) is 19.5 Å². The van der Waals surface area contributed by atoms with Crippen LogP contribution in [0.2, 0.25) is 0 Å². The standard InChI is InChI=1S/C17H26N2O2/c1-4-8-18-15-10-12(2)5-6-14(15)17(21)19-9-7-16(20)13(3)11-19/h5-6,10,13,16,18,20H,4,7-9,11H2,1-3H3. The molecular formula is C17H26N2O2. The molecule has 21 heavy (non-hydrogen) atoms. The molecule has 116 valence electrons. The molecule has 1 heterocycles. The number of anilines is 1. The van der Waals surface area contributed by atoms with Gasteiger partial charge in [0.25, 0.3) is 5.91 Å². The first-order valence-corrected chi connectivity index (χ1v) is 7.84. The highest BCUT2D eigenvalue weighted by atomic mass is 16.3. The first-order chi connectivity index (χ1) is 10.0. The number of aliphatic hydroxyl groups excluding tert-OH is 1. The number of nitrogens with zero attached hydrogens (tertiary/aromatic N) is 1. The van der Waals surface area contributed by atoms with Gasteiger partial charge < -0.3 is 15.3 Å². The fourth-order valence-electron chi connectivity index (χ4n) is 2.74. The van der Waals surface area contributed by atoms with Gasteiger partial charge in [0.2, 0.25) is 0 Å². The molecule has 2 N–H and O–H groups in total. The maximum atomic E-state index is 12.8. The first kappa shape index (κ1) is 15.8. The van der Waals surface area contributed by atoms with Crippen LogP contribution in [0.5, 0.6) is 0 Å². The van der Waals surface area contributed by atoms with Gasteiger partial charge in [-0.2, -0.15) is 0 Å². The van der Waals surface area contributed by atoms with E-state index in [1.165, 1.54) is 0 Å². The van der Waals surface area contributed by atoms with Gasteiger partial charge in [0.15, 0.2) is 0 Å². The first-order valence-electron chi connectivity index (χ1n) is 7.84. The molecule has 1 aliphatic heterocycles. The summed E-state index contributed by atoms with van der Waals surface area (Å²) in [7, 11) is 0. The van der Waals surface area contributed by atoms with Crippen molar-refractivity contribution in [3.8, 4) is 0 Å². The molecule has 1 aliphatic rings. The third-order valence-corrected chi connectivity index (χ3v) is 4.12. The maximum Gasteiger partial charge on any atom is 0.255 e. The van der Waals surface area contributed by atoms with Gasteiger partial charge in [-0.1, -0.05) is 19.9 Å². The SMILES string of the molecule is CCCNc1cc(C)ccc1C(=O)N1CCC(O)C(C)C1. The van der Waals surface area contributed by atoms with Crippen LogP contribution in [0.3, 0.4) is 0 Å². The van der Waals surface area contributed by atoms with Gasteiger partial charge in [-0.05, 0) is 43.4 Å². The van der Waals surface area contributed by atoms with E-state index in [9.17, 15) is 9.90 Å². The van der Waals surface area contributed by atoms with Crippen LogP contribution in [-0.4, -0.2) is 41.7 Å². The number of benzene rings is 1. The number of hydrogen-bond donors (Lipinski definition) is 2. The van der Waals surface area contributed by atoms with Gasteiger partial charge in [0.05, 0.1) is 11.7 Å². The molecule has 2 atom stereocenters. The molecule has 2 rings (SSSR count). The van der Waals surface area contributed by atoms with Gasteiger partial charge in [-0.15, -0.1) is 0 Å². The molecule has 0 aliphatic carbocycles. The zero-order chi connectivity index (χ0) is 15.4. The third-order valence-electron chi connectivity index (χ3n) is 4.12. The highest BCUT2D eigenvalue weighted by Crippen LogP contribution is 2.23. The van der Waals surface area contributed by atoms with Crippen LogP contribution in [0.25, 0.3) is 0 Å². The fourth-order valence-corrected chi connectivity index (χ4v) is 2.74. The topological polar surface area (TPSA) is 52.6 Å². The van der Waals surface area contributed by atoms with E-state index in [1.807, 2.05) is 36.9 Å². The summed E-state index contributed by atoms with van der Waals surface area (Å²) in [5.74, 6) is 0.201. The smallest absolute Gasteiger partial charge is 0.255 e. The number of carbonyl (C=O) groups excluding carboxylic acids is 1. The number of aryl methyl sites for hydroxylation is 1. The van der Waals surface area contributed by atoms with Crippen molar-refractivity contribution in [3.05, 3.63) is 29.3 Å². The van der Waals surface area contributed by atoms with Crippen molar-refractivity contribution in [2.75, 3.05) is 25.0 Å². The average Bonchev–Trinajstić information content (AvgIpc) is 2.47. The Morgan fingerprint density at radius 3 is 2.90 bits per heavy atom. The number of rotatable bonds is 4. The molecule has 0 aromatic heterocycles. The molecule has 2 unspecified atom stereocenters. The molecule has 1 saturated heterocycles. The molecule has 0 saturated carbocycles. The number of hydrogen-bond acceptors (Lipinski definition) is 3. The normalized spacial score (nSPS) is 22.2. The van der Waals surface area contributed by atoms with Crippen molar-refractivity contribution in [2.24, 2.45) is 5.92 Å². The minimum absolute atomic E-state index is 0.0624. The van der Waals surface area contributed by atoms with E-state index in [2.05, 4.69) is 12.2 Å². The minimum Gasteiger partial charge on any atom is -0.393 e. The summed E-state index contributed by atoms with van der Waals surface area (Å²) in [5.41, 5.74) is 2.80. The fraction of sp³-hybridized carbons (Fsp3) is 0.588. The monoisotopic (exact) mass is 290 g/mol. The van der Waals surface area contributed by atoms with Crippen LogP contribution >= 0.6 is 0 Å². The molecule has 0 radical (unpaired) electrons. The molecule has 4 heteroatoms. The zero-order valence-corrected chi connectivity index (χ0v) is 13.2. The Balaban J connectivity index is 2.18. The summed E-state index contributed by atoms with van der Waals surface area (Å²) in [6.07, 6.45) is 1.40. The number of aliphatic hydroxyl groups is 1. The Morgan fingerprint density at radius 2 is 2.24 bits per heavy atom. The number of likely N-dealkylation sites (tertiary alicyclic amines) is 1. The lowest BCUT2D eigenvalue weighted by molar-refractivity contribution is 0.0298. The summed E-state index contributed by atoms with van der Waals surface area (Å²) in [4.78, 5) is 14.6. The van der Waals surface area contributed by atoms with E-state index in [0.717, 1.165) is 29.8 Å². The summed E-state index contributed by atoms with van der Waals surface area (Å²) < 4.78 is 0. The van der Waals surface area contributed by atoms with Crippen LogP contribution in [0.1, 0.15) is 42.6 Å². The quantitative estimate of drug-likeness (QED) is 0.896. The lowest BCUT2D eigenvalue weighted by atomic mass is 9.96. The number of piperidine rings is 1. The molecule has 1 fully saturated rings. The maximum absolute atomic E-state index is 12.8. The Morgan fingerprint density at radius 1 is 1.48 bits per heavy atom. The van der Waals surface area contributed by atoms with E-state index in [1.54, 1.807) is 0 Å². The zero-order valence-electron chi connectivity index (χ0n) is 13.2. The van der Waals surface area contributed by atoms with Crippen LogP contribution in [0, 0.1) is 12.8 Å². The van der Waals surface area contributed by atoms with Crippen molar-refractivity contribution < 1.29 is 9.90 Å². The average molecular weight is 290 g/mol. The Hall–Kier alpha value is -1.55. The molecule has 0 bridgehead atoms. The highest BCUT2D eigenvalue weighted by molar-refractivity contribution is 5.99. The number of nitrogens with one attached hydrogen (secondary N) is 1. The van der Waals surface area contributed by atoms with Gasteiger partial charge in [-0.3, -0.25) is 4.79 Å². The third kappa shape index (κ3) is 3.76. The van der Waals surface area contributed by atoms with Crippen molar-refractivity contribution >= 4 is 11.6 Å². The Bertz CT molecular complexity index is 502. The van der Waals surface area contributed by atoms with Gasteiger partial charge in [-0.25, -0.2) is 0 Å². The summed E-state index contributed by atoms with van der Waals surface area (Å²) in [6.45, 7) is 8.25. The second-order valence-electron chi connectivity index (χ2n) is 6.06. The van der Waals surface area contributed by atoms with E-state index < -0.39 is 0 Å². The van der Waals surface area contributed by atoms with Crippen molar-refractivity contribution in [3.63, 3.8) is 0 Å². The predicted molar refractivity (Wildman–Crippen MR) is 85.7 cm³/mol. The summed E-state index contributed by atoms with van der Waals surface area (Å²) in [5, 5.41) is 13.2. The van der Waals surface area contributed by atoms with Gasteiger partial charge in [0, 0.05) is 25.3 Å². The van der Waals surface area contributed by atoms with Crippen LogP contribution in [0.4, 0.5) is 5.69 Å². The van der Waals surface area contributed by atoms with Gasteiger partial charge in [0.1, 0.15) is 0 Å². The van der Waals surface area contributed by atoms with Crippen molar-refractivity contribution in [1.29, 1.82) is 0 Å². The molecule has 0 spiro atoms. The molecule has 1 amide bonds. The van der Waals surface area contributed by atoms with Crippen molar-refractivity contribution in [1.82, 2.24) is 4.90 Å². The lowest BCUT2D eigenvalue weighted by Gasteiger charge is -2.34. The van der Waals surface area contributed by atoms with Crippen LogP contribution < -0.4 is 5.32 Å². The molecule has 4 nitrogen and oxygen atoms in total. The van der Waals surface area contributed by atoms with E-state index in [-0.39, 0.29) is 17.9 Å². The summed E-state index contributed by atoms with van der Waals surface area (Å²) >= 11 is 0. The second-order valence-corrected chi connectivity index (χ2v) is 6.06. The predicted octanol–water partition coefficient (Wildman–Crippen LogP) is 2.66. The van der Waals surface area contributed by atoms with E-state index in [4.69, 9.17) is 0 Å². The molecule has 1 aromatic rings.